The molecule has 2 N–H and O–H groups in total. The van der Waals surface area contributed by atoms with Crippen molar-refractivity contribution in [2.75, 3.05) is 6.54 Å². The summed E-state index contributed by atoms with van der Waals surface area (Å²) in [6, 6.07) is 12.4. The standard InChI is InChI=1S/C20H18N4O5S/c21-12-13-3-5-14(6-4-13)29-15-7-9-16(10-8-15)30(27,28)24-11-1-2-17(24)18-19(25)23-20(26)22-18/h3-10,17-18H,1-2,11H2,(H2,22,23,25,26). The lowest BCUT2D eigenvalue weighted by atomic mass is 10.1. The fourth-order valence-corrected chi connectivity index (χ4v) is 5.35. The third-order valence-corrected chi connectivity index (χ3v) is 7.03. The summed E-state index contributed by atoms with van der Waals surface area (Å²) in [5.74, 6) is 0.449. The lowest BCUT2D eigenvalue weighted by Gasteiger charge is -2.27. The summed E-state index contributed by atoms with van der Waals surface area (Å²) in [5, 5.41) is 13.5. The Morgan fingerprint density at radius 1 is 1.03 bits per heavy atom. The fraction of sp³-hybridized carbons (Fsp3) is 0.250. The molecule has 10 heteroatoms. The van der Waals surface area contributed by atoms with Crippen molar-refractivity contribution < 1.29 is 22.7 Å². The number of carbonyl (C=O) groups is 2. The third kappa shape index (κ3) is 3.72. The number of sulfonamides is 1. The summed E-state index contributed by atoms with van der Waals surface area (Å²) in [6.45, 7) is 0.274. The van der Waals surface area contributed by atoms with E-state index in [0.717, 1.165) is 0 Å². The summed E-state index contributed by atoms with van der Waals surface area (Å²) in [4.78, 5) is 23.5. The van der Waals surface area contributed by atoms with Gasteiger partial charge in [-0.3, -0.25) is 10.1 Å². The molecule has 0 saturated carbocycles. The molecule has 2 fully saturated rings. The van der Waals surface area contributed by atoms with E-state index in [1.54, 1.807) is 36.4 Å². The molecule has 154 valence electrons. The van der Waals surface area contributed by atoms with E-state index in [0.29, 0.717) is 29.9 Å². The van der Waals surface area contributed by atoms with Gasteiger partial charge in [0.2, 0.25) is 10.0 Å². The number of nitrogens with zero attached hydrogens (tertiary/aromatic N) is 2. The average Bonchev–Trinajstić information content (AvgIpc) is 3.35. The van der Waals surface area contributed by atoms with Crippen LogP contribution < -0.4 is 15.4 Å². The van der Waals surface area contributed by atoms with Crippen LogP contribution in [0.25, 0.3) is 0 Å². The van der Waals surface area contributed by atoms with Crippen molar-refractivity contribution in [2.24, 2.45) is 0 Å². The van der Waals surface area contributed by atoms with Crippen LogP contribution in [0.4, 0.5) is 4.79 Å². The van der Waals surface area contributed by atoms with Crippen molar-refractivity contribution >= 4 is 22.0 Å². The minimum Gasteiger partial charge on any atom is -0.457 e. The van der Waals surface area contributed by atoms with E-state index in [1.165, 1.54) is 16.4 Å². The first kappa shape index (κ1) is 19.9. The SMILES string of the molecule is N#Cc1ccc(Oc2ccc(S(=O)(=O)N3CCCC3C3NC(=O)NC3=O)cc2)cc1. The molecule has 2 saturated heterocycles. The molecule has 30 heavy (non-hydrogen) atoms. The average molecular weight is 426 g/mol. The number of hydrogen-bond donors (Lipinski definition) is 2. The van der Waals surface area contributed by atoms with Crippen molar-refractivity contribution in [2.45, 2.75) is 29.8 Å². The van der Waals surface area contributed by atoms with Crippen LogP contribution in [-0.4, -0.2) is 43.3 Å². The second-order valence-corrected chi connectivity index (χ2v) is 8.87. The summed E-state index contributed by atoms with van der Waals surface area (Å²) in [6.07, 6.45) is 1.08. The monoisotopic (exact) mass is 426 g/mol. The van der Waals surface area contributed by atoms with Gasteiger partial charge < -0.3 is 10.1 Å². The Morgan fingerprint density at radius 3 is 2.23 bits per heavy atom. The molecule has 2 aromatic rings. The smallest absolute Gasteiger partial charge is 0.322 e. The molecule has 9 nitrogen and oxygen atoms in total. The quantitative estimate of drug-likeness (QED) is 0.701. The summed E-state index contributed by atoms with van der Waals surface area (Å²) in [5.41, 5.74) is 0.510. The van der Waals surface area contributed by atoms with Crippen molar-refractivity contribution in [1.82, 2.24) is 14.9 Å². The summed E-state index contributed by atoms with van der Waals surface area (Å²) >= 11 is 0. The van der Waals surface area contributed by atoms with Gasteiger partial charge in [-0.15, -0.1) is 0 Å². The molecule has 2 aliphatic rings. The van der Waals surface area contributed by atoms with Gasteiger partial charge in [-0.2, -0.15) is 9.57 Å². The molecule has 3 amide bonds. The Kier molecular flexibility index (Phi) is 5.15. The number of carbonyl (C=O) groups excluding carboxylic acids is 2. The molecule has 0 aromatic heterocycles. The summed E-state index contributed by atoms with van der Waals surface area (Å²) in [7, 11) is -3.85. The van der Waals surface area contributed by atoms with Gasteiger partial charge in [0.05, 0.1) is 22.6 Å². The molecule has 2 atom stereocenters. The van der Waals surface area contributed by atoms with Crippen LogP contribution in [-0.2, 0) is 14.8 Å². The van der Waals surface area contributed by atoms with E-state index in [2.05, 4.69) is 10.6 Å². The molecule has 2 heterocycles. The van der Waals surface area contributed by atoms with Gasteiger partial charge in [0.15, 0.2) is 0 Å². The van der Waals surface area contributed by atoms with Crippen LogP contribution in [0, 0.1) is 11.3 Å². The number of imide groups is 1. The van der Waals surface area contributed by atoms with Crippen molar-refractivity contribution in [3.05, 3.63) is 54.1 Å². The van der Waals surface area contributed by atoms with Gasteiger partial charge in [-0.1, -0.05) is 0 Å². The Labute approximate surface area is 173 Å². The van der Waals surface area contributed by atoms with Crippen molar-refractivity contribution in [3.8, 4) is 17.6 Å². The molecular formula is C20H18N4O5S. The van der Waals surface area contributed by atoms with E-state index < -0.39 is 34.0 Å². The normalized spacial score (nSPS) is 21.7. The fourth-order valence-electron chi connectivity index (χ4n) is 3.65. The number of ether oxygens (including phenoxy) is 1. The molecular weight excluding hydrogens is 408 g/mol. The number of nitriles is 1. The molecule has 0 radical (unpaired) electrons. The number of hydrogen-bond acceptors (Lipinski definition) is 6. The highest BCUT2D eigenvalue weighted by atomic mass is 32.2. The van der Waals surface area contributed by atoms with Crippen LogP contribution in [0.2, 0.25) is 0 Å². The number of amides is 3. The number of urea groups is 1. The lowest BCUT2D eigenvalue weighted by Crippen LogP contribution is -2.49. The maximum Gasteiger partial charge on any atom is 0.322 e. The number of rotatable bonds is 5. The maximum atomic E-state index is 13.1. The largest absolute Gasteiger partial charge is 0.457 e. The topological polar surface area (TPSA) is 129 Å². The first-order valence-corrected chi connectivity index (χ1v) is 10.7. The van der Waals surface area contributed by atoms with Crippen LogP contribution in [0.15, 0.2) is 53.4 Å². The van der Waals surface area contributed by atoms with Gasteiger partial charge in [-0.25, -0.2) is 13.2 Å². The molecule has 2 aromatic carbocycles. The molecule has 0 bridgehead atoms. The zero-order valence-corrected chi connectivity index (χ0v) is 16.6. The number of nitrogens with one attached hydrogen (secondary N) is 2. The van der Waals surface area contributed by atoms with Gasteiger partial charge >= 0.3 is 6.03 Å². The molecule has 2 aliphatic heterocycles. The zero-order valence-electron chi connectivity index (χ0n) is 15.7. The van der Waals surface area contributed by atoms with Crippen LogP contribution in [0.5, 0.6) is 11.5 Å². The van der Waals surface area contributed by atoms with E-state index in [9.17, 15) is 18.0 Å². The lowest BCUT2D eigenvalue weighted by molar-refractivity contribution is -0.121. The Bertz CT molecular complexity index is 1120. The van der Waals surface area contributed by atoms with Gasteiger partial charge in [-0.05, 0) is 61.4 Å². The van der Waals surface area contributed by atoms with Crippen LogP contribution in [0.1, 0.15) is 18.4 Å². The summed E-state index contributed by atoms with van der Waals surface area (Å²) < 4.78 is 33.2. The van der Waals surface area contributed by atoms with E-state index >= 15 is 0 Å². The second kappa shape index (κ2) is 7.78. The van der Waals surface area contributed by atoms with Gasteiger partial charge in [0.1, 0.15) is 17.5 Å². The third-order valence-electron chi connectivity index (χ3n) is 5.09. The predicted molar refractivity (Wildman–Crippen MR) is 105 cm³/mol. The van der Waals surface area contributed by atoms with Crippen LogP contribution >= 0.6 is 0 Å². The molecule has 4 rings (SSSR count). The second-order valence-electron chi connectivity index (χ2n) is 6.98. The maximum absolute atomic E-state index is 13.1. The van der Waals surface area contributed by atoms with Gasteiger partial charge in [0, 0.05) is 6.54 Å². The zero-order chi connectivity index (χ0) is 21.3. The predicted octanol–water partition coefficient (Wildman–Crippen LogP) is 1.71. The Balaban J connectivity index is 1.51. The first-order valence-electron chi connectivity index (χ1n) is 9.30. The Hall–Kier alpha value is -3.42. The van der Waals surface area contributed by atoms with Gasteiger partial charge in [0.25, 0.3) is 5.91 Å². The van der Waals surface area contributed by atoms with Crippen LogP contribution in [0.3, 0.4) is 0 Å². The molecule has 0 spiro atoms. The minimum atomic E-state index is -3.85. The van der Waals surface area contributed by atoms with E-state index in [1.807, 2.05) is 6.07 Å². The Morgan fingerprint density at radius 2 is 1.67 bits per heavy atom. The highest BCUT2D eigenvalue weighted by Crippen LogP contribution is 2.30. The minimum absolute atomic E-state index is 0.0753. The van der Waals surface area contributed by atoms with E-state index in [4.69, 9.17) is 10.00 Å². The molecule has 0 aliphatic carbocycles. The molecule has 2 unspecified atom stereocenters. The number of benzene rings is 2. The van der Waals surface area contributed by atoms with Crippen molar-refractivity contribution in [1.29, 1.82) is 5.26 Å². The highest BCUT2D eigenvalue weighted by molar-refractivity contribution is 7.89. The van der Waals surface area contributed by atoms with E-state index in [-0.39, 0.29) is 11.4 Å². The highest BCUT2D eigenvalue weighted by Gasteiger charge is 2.45. The van der Waals surface area contributed by atoms with Crippen molar-refractivity contribution in [3.63, 3.8) is 0 Å². The first-order chi connectivity index (χ1) is 14.4.